The lowest BCUT2D eigenvalue weighted by Gasteiger charge is -2.33. The number of aromatic nitrogens is 1. The molecule has 29 heavy (non-hydrogen) atoms. The molecule has 1 saturated heterocycles. The van der Waals surface area contributed by atoms with Crippen molar-refractivity contribution < 1.29 is 17.2 Å². The predicted molar refractivity (Wildman–Crippen MR) is 109 cm³/mol. The third-order valence-electron chi connectivity index (χ3n) is 5.24. The number of sulfonamides is 1. The first-order valence-electron chi connectivity index (χ1n) is 9.68. The zero-order valence-corrected chi connectivity index (χ0v) is 17.5. The van der Waals surface area contributed by atoms with Gasteiger partial charge in [-0.3, -0.25) is 9.88 Å². The van der Waals surface area contributed by atoms with E-state index in [0.717, 1.165) is 51.2 Å². The second-order valence-electron chi connectivity index (χ2n) is 7.88. The summed E-state index contributed by atoms with van der Waals surface area (Å²) in [6.07, 6.45) is 6.77. The molecular weight excluding hydrogens is 396 g/mol. The summed E-state index contributed by atoms with van der Waals surface area (Å²) in [5.74, 6) is -2.75. The van der Waals surface area contributed by atoms with Gasteiger partial charge in [-0.25, -0.2) is 21.9 Å². The molecule has 8 heteroatoms. The number of piperidine rings is 1. The van der Waals surface area contributed by atoms with Gasteiger partial charge in [0.05, 0.1) is 6.26 Å². The Labute approximate surface area is 171 Å². The Bertz CT molecular complexity index is 900. The average Bonchev–Trinajstić information content (AvgIpc) is 2.66. The normalized spacial score (nSPS) is 19.8. The van der Waals surface area contributed by atoms with Crippen LogP contribution in [-0.4, -0.2) is 43.6 Å². The molecule has 158 valence electrons. The van der Waals surface area contributed by atoms with Crippen molar-refractivity contribution in [1.29, 1.82) is 0 Å². The Kier molecular flexibility index (Phi) is 6.65. The fourth-order valence-electron chi connectivity index (χ4n) is 3.86. The van der Waals surface area contributed by atoms with Crippen molar-refractivity contribution in [3.63, 3.8) is 0 Å². The van der Waals surface area contributed by atoms with E-state index < -0.39 is 22.0 Å². The van der Waals surface area contributed by atoms with Gasteiger partial charge in [-0.15, -0.1) is 0 Å². The molecule has 1 aromatic carbocycles. The number of likely N-dealkylation sites (tertiary alicyclic amines) is 1. The molecule has 0 bridgehead atoms. The van der Waals surface area contributed by atoms with Gasteiger partial charge < -0.3 is 0 Å². The highest BCUT2D eigenvalue weighted by molar-refractivity contribution is 7.88. The number of hydrogen-bond acceptors (Lipinski definition) is 4. The highest BCUT2D eigenvalue weighted by Crippen LogP contribution is 2.32. The van der Waals surface area contributed by atoms with Crippen LogP contribution in [0.25, 0.3) is 0 Å². The fraction of sp³-hybridized carbons (Fsp3) is 0.476. The monoisotopic (exact) mass is 423 g/mol. The second kappa shape index (κ2) is 8.85. The maximum atomic E-state index is 13.9. The smallest absolute Gasteiger partial charge is 0.265 e. The molecule has 0 saturated carbocycles. The predicted octanol–water partition coefficient (Wildman–Crippen LogP) is 3.71. The molecule has 1 aliphatic heterocycles. The van der Waals surface area contributed by atoms with E-state index in [4.69, 9.17) is 0 Å². The summed E-state index contributed by atoms with van der Waals surface area (Å²) >= 11 is 0. The van der Waals surface area contributed by atoms with Gasteiger partial charge in [0.25, 0.3) is 5.92 Å². The maximum Gasteiger partial charge on any atom is 0.265 e. The van der Waals surface area contributed by atoms with Gasteiger partial charge in [0.15, 0.2) is 0 Å². The molecule has 1 fully saturated rings. The van der Waals surface area contributed by atoms with Crippen molar-refractivity contribution in [3.05, 3.63) is 65.5 Å². The van der Waals surface area contributed by atoms with E-state index in [1.807, 2.05) is 17.1 Å². The molecule has 0 aliphatic carbocycles. The fourth-order valence-corrected chi connectivity index (χ4v) is 4.63. The lowest BCUT2D eigenvalue weighted by atomic mass is 9.91. The molecule has 2 heterocycles. The van der Waals surface area contributed by atoms with Gasteiger partial charge in [-0.1, -0.05) is 24.3 Å². The van der Waals surface area contributed by atoms with E-state index >= 15 is 0 Å². The zero-order valence-electron chi connectivity index (χ0n) is 16.7. The first-order chi connectivity index (χ1) is 13.6. The van der Waals surface area contributed by atoms with E-state index in [-0.39, 0.29) is 5.56 Å². The molecule has 0 amide bonds. The van der Waals surface area contributed by atoms with Crippen LogP contribution in [-0.2, 0) is 16.6 Å². The number of pyridine rings is 1. The van der Waals surface area contributed by atoms with Gasteiger partial charge >= 0.3 is 0 Å². The molecule has 0 spiro atoms. The molecule has 2 atom stereocenters. The van der Waals surface area contributed by atoms with Crippen LogP contribution in [0.1, 0.15) is 48.4 Å². The molecule has 2 aromatic rings. The van der Waals surface area contributed by atoms with Crippen LogP contribution < -0.4 is 4.72 Å². The van der Waals surface area contributed by atoms with Crippen molar-refractivity contribution in [2.45, 2.75) is 44.2 Å². The highest BCUT2D eigenvalue weighted by atomic mass is 32.2. The molecule has 1 aliphatic rings. The Hall–Kier alpha value is -1.90. The highest BCUT2D eigenvalue weighted by Gasteiger charge is 2.37. The molecule has 1 N–H and O–H groups in total. The van der Waals surface area contributed by atoms with Gasteiger partial charge in [-0.2, -0.15) is 0 Å². The van der Waals surface area contributed by atoms with E-state index in [0.29, 0.717) is 5.92 Å². The minimum absolute atomic E-state index is 0.250. The topological polar surface area (TPSA) is 62.3 Å². The Morgan fingerprint density at radius 2 is 1.86 bits per heavy atom. The number of nitrogens with zero attached hydrogens (tertiary/aromatic N) is 2. The minimum Gasteiger partial charge on any atom is -0.298 e. The summed E-state index contributed by atoms with van der Waals surface area (Å²) in [6.45, 7) is 3.39. The van der Waals surface area contributed by atoms with Crippen LogP contribution in [0, 0.1) is 0 Å². The summed E-state index contributed by atoms with van der Waals surface area (Å²) < 4.78 is 52.9. The van der Waals surface area contributed by atoms with Crippen LogP contribution >= 0.6 is 0 Å². The van der Waals surface area contributed by atoms with E-state index in [9.17, 15) is 17.2 Å². The van der Waals surface area contributed by atoms with E-state index in [1.54, 1.807) is 24.3 Å². The van der Waals surface area contributed by atoms with Gasteiger partial charge in [0.2, 0.25) is 10.0 Å². The number of halogens is 2. The van der Waals surface area contributed by atoms with Crippen molar-refractivity contribution in [3.8, 4) is 0 Å². The summed E-state index contributed by atoms with van der Waals surface area (Å²) in [6, 6.07) is 9.30. The lowest BCUT2D eigenvalue weighted by molar-refractivity contribution is -0.0119. The van der Waals surface area contributed by atoms with Crippen LogP contribution in [0.15, 0.2) is 48.8 Å². The van der Waals surface area contributed by atoms with Gasteiger partial charge in [-0.05, 0) is 54.1 Å². The molecule has 3 rings (SSSR count). The summed E-state index contributed by atoms with van der Waals surface area (Å²) in [5.41, 5.74) is 2.56. The van der Waals surface area contributed by atoms with E-state index in [2.05, 4.69) is 22.0 Å². The minimum atomic E-state index is -3.76. The molecular formula is C21H27F2N3O2S. The summed E-state index contributed by atoms with van der Waals surface area (Å²) in [7, 11) is -3.76. The summed E-state index contributed by atoms with van der Waals surface area (Å²) in [5, 5.41) is 0. The molecule has 1 aromatic heterocycles. The first kappa shape index (κ1) is 21.8. The van der Waals surface area contributed by atoms with Crippen LogP contribution in [0.3, 0.4) is 0 Å². The number of hydrogen-bond donors (Lipinski definition) is 1. The Balaban J connectivity index is 1.68. The zero-order chi connectivity index (χ0) is 21.1. The van der Waals surface area contributed by atoms with Crippen molar-refractivity contribution in [2.24, 2.45) is 0 Å². The lowest BCUT2D eigenvalue weighted by Crippen LogP contribution is -2.38. The number of benzene rings is 1. The average molecular weight is 424 g/mol. The van der Waals surface area contributed by atoms with Gasteiger partial charge in [0, 0.05) is 32.4 Å². The van der Waals surface area contributed by atoms with Crippen LogP contribution in [0.5, 0.6) is 0 Å². The van der Waals surface area contributed by atoms with Gasteiger partial charge in [0.1, 0.15) is 6.04 Å². The molecule has 2 unspecified atom stereocenters. The standard InChI is InChI=1S/C21H27F2N3O2S/c1-21(22,23)20(25-29(2,27)28)18-7-5-16(6-8-18)14-26-13-3-4-19(15-26)17-9-11-24-12-10-17/h5-12,19-20,25H,3-4,13-15H2,1-2H3. The third kappa shape index (κ3) is 6.29. The Morgan fingerprint density at radius 3 is 2.45 bits per heavy atom. The SMILES string of the molecule is CC(F)(F)C(NS(C)(=O)=O)c1ccc(CN2CCCC(c3ccncc3)C2)cc1. The largest absolute Gasteiger partial charge is 0.298 e. The van der Waals surface area contributed by atoms with Crippen molar-refractivity contribution >= 4 is 10.0 Å². The quantitative estimate of drug-likeness (QED) is 0.738. The molecule has 5 nitrogen and oxygen atoms in total. The first-order valence-corrected chi connectivity index (χ1v) is 11.6. The van der Waals surface area contributed by atoms with Crippen molar-refractivity contribution in [2.75, 3.05) is 19.3 Å². The van der Waals surface area contributed by atoms with Crippen molar-refractivity contribution in [1.82, 2.24) is 14.6 Å². The Morgan fingerprint density at radius 1 is 1.21 bits per heavy atom. The maximum absolute atomic E-state index is 13.9. The van der Waals surface area contributed by atoms with Crippen LogP contribution in [0.4, 0.5) is 8.78 Å². The number of alkyl halides is 2. The van der Waals surface area contributed by atoms with Crippen LogP contribution in [0.2, 0.25) is 0 Å². The third-order valence-corrected chi connectivity index (χ3v) is 5.90. The number of rotatable bonds is 7. The van der Waals surface area contributed by atoms with E-state index in [1.165, 1.54) is 5.56 Å². The second-order valence-corrected chi connectivity index (χ2v) is 9.66. The number of nitrogens with one attached hydrogen (secondary N) is 1. The molecule has 0 radical (unpaired) electrons. The summed E-state index contributed by atoms with van der Waals surface area (Å²) in [4.78, 5) is 6.44.